The van der Waals surface area contributed by atoms with E-state index in [1.807, 2.05) is 0 Å². The van der Waals surface area contributed by atoms with Gasteiger partial charge in [0.15, 0.2) is 5.82 Å². The monoisotopic (exact) mass is 355 g/mol. The summed E-state index contributed by atoms with van der Waals surface area (Å²) in [6.45, 7) is 5.92. The van der Waals surface area contributed by atoms with Gasteiger partial charge >= 0.3 is 0 Å². The third-order valence-electron chi connectivity index (χ3n) is 3.97. The number of nitrogens with zero attached hydrogens (tertiary/aromatic N) is 4. The summed E-state index contributed by atoms with van der Waals surface area (Å²) in [6.07, 6.45) is 2.15. The minimum absolute atomic E-state index is 0.154. The van der Waals surface area contributed by atoms with Crippen molar-refractivity contribution >= 4 is 16.8 Å². The smallest absolute Gasteiger partial charge is 0.260 e. The van der Waals surface area contributed by atoms with Crippen molar-refractivity contribution in [1.82, 2.24) is 25.0 Å². The van der Waals surface area contributed by atoms with Crippen LogP contribution in [0.3, 0.4) is 0 Å². The van der Waals surface area contributed by atoms with E-state index in [-0.39, 0.29) is 11.5 Å². The zero-order valence-corrected chi connectivity index (χ0v) is 15.2. The molecule has 8 nitrogen and oxygen atoms in total. The van der Waals surface area contributed by atoms with Crippen LogP contribution in [0.15, 0.2) is 33.8 Å². The lowest BCUT2D eigenvalue weighted by Gasteiger charge is -2.10. The Hall–Kier alpha value is -3.03. The summed E-state index contributed by atoms with van der Waals surface area (Å²) < 4.78 is 6.63. The van der Waals surface area contributed by atoms with E-state index >= 15 is 0 Å². The normalized spacial score (nSPS) is 12.5. The molecule has 26 heavy (non-hydrogen) atoms. The molecule has 3 rings (SSSR count). The molecule has 2 heterocycles. The fraction of sp³-hybridized carbons (Fsp3) is 0.389. The average molecular weight is 355 g/mol. The maximum atomic E-state index is 12.5. The summed E-state index contributed by atoms with van der Waals surface area (Å²) in [5, 5.41) is 7.22. The van der Waals surface area contributed by atoms with Gasteiger partial charge in [0.2, 0.25) is 5.89 Å². The van der Waals surface area contributed by atoms with Crippen LogP contribution < -0.4 is 10.9 Å². The minimum atomic E-state index is -0.428. The van der Waals surface area contributed by atoms with Crippen LogP contribution in [0.25, 0.3) is 10.9 Å². The summed E-state index contributed by atoms with van der Waals surface area (Å²) in [6, 6.07) is 4.38. The lowest BCUT2D eigenvalue weighted by Crippen LogP contribution is -2.27. The van der Waals surface area contributed by atoms with Crippen molar-refractivity contribution in [2.45, 2.75) is 33.2 Å². The summed E-state index contributed by atoms with van der Waals surface area (Å²) in [4.78, 5) is 33.1. The van der Waals surface area contributed by atoms with E-state index in [1.165, 1.54) is 10.9 Å². The molecule has 0 saturated heterocycles. The Balaban J connectivity index is 1.77. The number of nitrogens with one attached hydrogen (secondary N) is 1. The third kappa shape index (κ3) is 3.63. The second-order valence-corrected chi connectivity index (χ2v) is 6.73. The van der Waals surface area contributed by atoms with Crippen LogP contribution in [-0.4, -0.2) is 25.6 Å². The maximum absolute atomic E-state index is 12.5. The van der Waals surface area contributed by atoms with Crippen molar-refractivity contribution in [3.8, 4) is 0 Å². The van der Waals surface area contributed by atoms with E-state index in [2.05, 4.69) is 34.3 Å². The molecule has 2 aromatic heterocycles. The standard InChI is InChI=1S/C18H21N5O3/c1-10(2)7-15-21-17(26-22-15)11(3)20-16(24)12-5-6-13-14(8-12)19-9-23(4)18(13)25/h5-6,8-11H,7H2,1-4H3,(H,20,24). The first-order valence-corrected chi connectivity index (χ1v) is 8.44. The molecule has 1 atom stereocenters. The highest BCUT2D eigenvalue weighted by atomic mass is 16.5. The molecule has 8 heteroatoms. The Kier molecular flexibility index (Phi) is 4.83. The molecule has 0 saturated carbocycles. The number of hydrogen-bond acceptors (Lipinski definition) is 6. The first kappa shape index (κ1) is 17.8. The van der Waals surface area contributed by atoms with Crippen LogP contribution in [0.4, 0.5) is 0 Å². The van der Waals surface area contributed by atoms with Crippen LogP contribution in [0.2, 0.25) is 0 Å². The number of aromatic nitrogens is 4. The number of benzene rings is 1. The lowest BCUT2D eigenvalue weighted by atomic mass is 10.1. The largest absolute Gasteiger partial charge is 0.341 e. The molecule has 0 radical (unpaired) electrons. The van der Waals surface area contributed by atoms with Gasteiger partial charge in [0.1, 0.15) is 6.04 Å². The van der Waals surface area contributed by atoms with Gasteiger partial charge in [0, 0.05) is 19.0 Å². The van der Waals surface area contributed by atoms with Gasteiger partial charge in [0.25, 0.3) is 11.5 Å². The number of amides is 1. The van der Waals surface area contributed by atoms with Gasteiger partial charge in [-0.3, -0.25) is 9.59 Å². The molecule has 0 aliphatic rings. The van der Waals surface area contributed by atoms with E-state index < -0.39 is 6.04 Å². The zero-order chi connectivity index (χ0) is 18.8. The van der Waals surface area contributed by atoms with E-state index in [4.69, 9.17) is 4.52 Å². The second kappa shape index (κ2) is 7.07. The van der Waals surface area contributed by atoms with Crippen LogP contribution >= 0.6 is 0 Å². The SMILES string of the molecule is CC(C)Cc1noc(C(C)NC(=O)c2ccc3c(=O)n(C)cnc3c2)n1. The van der Waals surface area contributed by atoms with Crippen molar-refractivity contribution in [2.24, 2.45) is 13.0 Å². The predicted molar refractivity (Wildman–Crippen MR) is 95.7 cm³/mol. The highest BCUT2D eigenvalue weighted by molar-refractivity contribution is 5.97. The minimum Gasteiger partial charge on any atom is -0.341 e. The van der Waals surface area contributed by atoms with Crippen LogP contribution in [0.5, 0.6) is 0 Å². The highest BCUT2D eigenvalue weighted by Crippen LogP contribution is 2.14. The van der Waals surface area contributed by atoms with Gasteiger partial charge in [0.05, 0.1) is 17.2 Å². The predicted octanol–water partition coefficient (Wildman–Crippen LogP) is 2.01. The van der Waals surface area contributed by atoms with Gasteiger partial charge in [-0.2, -0.15) is 4.98 Å². The molecule has 1 aromatic carbocycles. The van der Waals surface area contributed by atoms with Crippen molar-refractivity contribution in [2.75, 3.05) is 0 Å². The molecular formula is C18H21N5O3. The summed E-state index contributed by atoms with van der Waals surface area (Å²) in [5.74, 6) is 1.11. The molecule has 1 N–H and O–H groups in total. The van der Waals surface area contributed by atoms with Gasteiger partial charge in [-0.25, -0.2) is 4.98 Å². The second-order valence-electron chi connectivity index (χ2n) is 6.73. The number of carbonyl (C=O) groups is 1. The molecule has 1 unspecified atom stereocenters. The summed E-state index contributed by atoms with van der Waals surface area (Å²) in [5.41, 5.74) is 0.733. The Morgan fingerprint density at radius 2 is 2.08 bits per heavy atom. The fourth-order valence-corrected chi connectivity index (χ4v) is 2.58. The first-order valence-electron chi connectivity index (χ1n) is 8.44. The van der Waals surface area contributed by atoms with Crippen LogP contribution in [-0.2, 0) is 13.5 Å². The van der Waals surface area contributed by atoms with E-state index in [0.29, 0.717) is 34.1 Å². The van der Waals surface area contributed by atoms with Gasteiger partial charge in [-0.05, 0) is 31.0 Å². The number of aryl methyl sites for hydroxylation is 1. The van der Waals surface area contributed by atoms with Crippen LogP contribution in [0.1, 0.15) is 48.9 Å². The number of rotatable bonds is 5. The van der Waals surface area contributed by atoms with Gasteiger partial charge in [-0.1, -0.05) is 19.0 Å². The van der Waals surface area contributed by atoms with E-state index in [0.717, 1.165) is 6.42 Å². The molecule has 0 aliphatic heterocycles. The van der Waals surface area contributed by atoms with Gasteiger partial charge in [-0.15, -0.1) is 0 Å². The zero-order valence-electron chi connectivity index (χ0n) is 15.2. The lowest BCUT2D eigenvalue weighted by molar-refractivity contribution is 0.0932. The number of carbonyl (C=O) groups excluding carboxylic acids is 1. The molecule has 0 aliphatic carbocycles. The van der Waals surface area contributed by atoms with Crippen molar-refractivity contribution in [3.05, 3.63) is 52.2 Å². The Labute approximate surface area is 150 Å². The quantitative estimate of drug-likeness (QED) is 0.751. The average Bonchev–Trinajstić information content (AvgIpc) is 3.05. The Bertz CT molecular complexity index is 1010. The Morgan fingerprint density at radius 3 is 2.81 bits per heavy atom. The molecule has 136 valence electrons. The molecule has 0 spiro atoms. The van der Waals surface area contributed by atoms with Crippen molar-refractivity contribution < 1.29 is 9.32 Å². The number of hydrogen-bond donors (Lipinski definition) is 1. The van der Waals surface area contributed by atoms with E-state index in [1.54, 1.807) is 32.2 Å². The van der Waals surface area contributed by atoms with E-state index in [9.17, 15) is 9.59 Å². The molecule has 0 fully saturated rings. The third-order valence-corrected chi connectivity index (χ3v) is 3.97. The molecule has 3 aromatic rings. The van der Waals surface area contributed by atoms with Crippen molar-refractivity contribution in [3.63, 3.8) is 0 Å². The van der Waals surface area contributed by atoms with Crippen molar-refractivity contribution in [1.29, 1.82) is 0 Å². The topological polar surface area (TPSA) is 103 Å². The summed E-state index contributed by atoms with van der Waals surface area (Å²) in [7, 11) is 1.63. The fourth-order valence-electron chi connectivity index (χ4n) is 2.58. The molecule has 0 bridgehead atoms. The highest BCUT2D eigenvalue weighted by Gasteiger charge is 2.18. The number of fused-ring (bicyclic) bond motifs is 1. The van der Waals surface area contributed by atoms with Crippen LogP contribution in [0, 0.1) is 5.92 Å². The maximum Gasteiger partial charge on any atom is 0.260 e. The first-order chi connectivity index (χ1) is 12.3. The Morgan fingerprint density at radius 1 is 1.31 bits per heavy atom. The summed E-state index contributed by atoms with van der Waals surface area (Å²) >= 11 is 0. The molecular weight excluding hydrogens is 334 g/mol. The van der Waals surface area contributed by atoms with Gasteiger partial charge < -0.3 is 14.4 Å². The molecule has 1 amide bonds.